The van der Waals surface area contributed by atoms with E-state index in [2.05, 4.69) is 4.72 Å². The predicted molar refractivity (Wildman–Crippen MR) is 100 cm³/mol. The number of aryl methyl sites for hydroxylation is 1. The number of hydrogen-bond acceptors (Lipinski definition) is 3. The number of carbonyl (C=O) groups excluding carboxylic acids is 1. The van der Waals surface area contributed by atoms with E-state index in [1.807, 2.05) is 32.9 Å². The Bertz CT molecular complexity index is 809. The normalized spacial score (nSPS) is 11.2. The number of carbonyl (C=O) groups is 1. The van der Waals surface area contributed by atoms with Gasteiger partial charge < -0.3 is 4.90 Å². The SMILES string of the molecule is CCc1ccc(NS(=O)(=O)c2ccc(C(=O)N(CC)CC)cc2)cc1. The van der Waals surface area contributed by atoms with Gasteiger partial charge in [0.25, 0.3) is 15.9 Å². The average molecular weight is 360 g/mol. The molecule has 0 unspecified atom stereocenters. The van der Waals surface area contributed by atoms with E-state index in [9.17, 15) is 13.2 Å². The number of anilines is 1. The Morgan fingerprint density at radius 3 is 1.96 bits per heavy atom. The zero-order valence-corrected chi connectivity index (χ0v) is 15.6. The minimum Gasteiger partial charge on any atom is -0.339 e. The lowest BCUT2D eigenvalue weighted by Crippen LogP contribution is -2.30. The summed E-state index contributed by atoms with van der Waals surface area (Å²) in [4.78, 5) is 14.1. The number of sulfonamides is 1. The first kappa shape index (κ1) is 19.0. The summed E-state index contributed by atoms with van der Waals surface area (Å²) < 4.78 is 27.5. The fourth-order valence-corrected chi connectivity index (χ4v) is 3.55. The summed E-state index contributed by atoms with van der Waals surface area (Å²) in [5.74, 6) is -0.0999. The molecular weight excluding hydrogens is 336 g/mol. The van der Waals surface area contributed by atoms with Crippen molar-refractivity contribution in [2.45, 2.75) is 32.1 Å². The summed E-state index contributed by atoms with van der Waals surface area (Å²) in [6.45, 7) is 7.09. The molecule has 0 radical (unpaired) electrons. The standard InChI is InChI=1S/C19H24N2O3S/c1-4-15-7-11-17(12-8-15)20-25(23,24)18-13-9-16(10-14-18)19(22)21(5-2)6-3/h7-14,20H,4-6H2,1-3H3. The minimum atomic E-state index is -3.68. The second kappa shape index (κ2) is 8.16. The molecule has 5 nitrogen and oxygen atoms in total. The topological polar surface area (TPSA) is 66.5 Å². The van der Waals surface area contributed by atoms with Crippen LogP contribution in [-0.2, 0) is 16.4 Å². The van der Waals surface area contributed by atoms with Gasteiger partial charge in [0.05, 0.1) is 4.90 Å². The number of amides is 1. The molecule has 1 amide bonds. The molecule has 25 heavy (non-hydrogen) atoms. The molecule has 2 aromatic carbocycles. The number of hydrogen-bond donors (Lipinski definition) is 1. The Labute approximate surface area is 149 Å². The van der Waals surface area contributed by atoms with Gasteiger partial charge in [-0.25, -0.2) is 8.42 Å². The molecule has 1 N–H and O–H groups in total. The molecule has 0 saturated carbocycles. The van der Waals surface area contributed by atoms with Gasteiger partial charge in [-0.15, -0.1) is 0 Å². The van der Waals surface area contributed by atoms with Gasteiger partial charge in [-0.3, -0.25) is 9.52 Å². The van der Waals surface area contributed by atoms with Crippen molar-refractivity contribution in [1.29, 1.82) is 0 Å². The third-order valence-electron chi connectivity index (χ3n) is 4.08. The molecule has 0 bridgehead atoms. The number of benzene rings is 2. The number of nitrogens with one attached hydrogen (secondary N) is 1. The quantitative estimate of drug-likeness (QED) is 0.821. The lowest BCUT2D eigenvalue weighted by atomic mass is 10.2. The second-order valence-electron chi connectivity index (χ2n) is 5.66. The van der Waals surface area contributed by atoms with Crippen LogP contribution in [0, 0.1) is 0 Å². The van der Waals surface area contributed by atoms with E-state index in [1.54, 1.807) is 29.2 Å². The first-order valence-corrected chi connectivity index (χ1v) is 9.90. The molecule has 0 aromatic heterocycles. The molecule has 0 atom stereocenters. The van der Waals surface area contributed by atoms with Crippen molar-refractivity contribution in [3.05, 3.63) is 59.7 Å². The predicted octanol–water partition coefficient (Wildman–Crippen LogP) is 3.53. The van der Waals surface area contributed by atoms with E-state index in [1.165, 1.54) is 12.1 Å². The van der Waals surface area contributed by atoms with Crippen molar-refractivity contribution in [2.24, 2.45) is 0 Å². The lowest BCUT2D eigenvalue weighted by molar-refractivity contribution is 0.0773. The molecule has 6 heteroatoms. The summed E-state index contributed by atoms with van der Waals surface area (Å²) in [6.07, 6.45) is 0.898. The Balaban J connectivity index is 2.18. The van der Waals surface area contributed by atoms with Gasteiger partial charge in [0, 0.05) is 24.3 Å². The van der Waals surface area contributed by atoms with Gasteiger partial charge in [-0.05, 0) is 62.2 Å². The van der Waals surface area contributed by atoms with Crippen molar-refractivity contribution in [1.82, 2.24) is 4.90 Å². The van der Waals surface area contributed by atoms with Crippen LogP contribution in [0.4, 0.5) is 5.69 Å². The van der Waals surface area contributed by atoms with Gasteiger partial charge in [-0.2, -0.15) is 0 Å². The van der Waals surface area contributed by atoms with Gasteiger partial charge in [0.15, 0.2) is 0 Å². The van der Waals surface area contributed by atoms with E-state index in [-0.39, 0.29) is 10.8 Å². The first-order valence-electron chi connectivity index (χ1n) is 8.42. The van der Waals surface area contributed by atoms with Gasteiger partial charge >= 0.3 is 0 Å². The van der Waals surface area contributed by atoms with Gasteiger partial charge in [-0.1, -0.05) is 19.1 Å². The molecule has 0 spiro atoms. The molecule has 0 heterocycles. The number of rotatable bonds is 7. The number of nitrogens with zero attached hydrogens (tertiary/aromatic N) is 1. The molecule has 0 fully saturated rings. The van der Waals surface area contributed by atoms with Crippen LogP contribution in [0.15, 0.2) is 53.4 Å². The van der Waals surface area contributed by atoms with Crippen LogP contribution in [0.1, 0.15) is 36.7 Å². The van der Waals surface area contributed by atoms with Crippen molar-refractivity contribution >= 4 is 21.6 Å². The summed E-state index contributed by atoms with van der Waals surface area (Å²) in [6, 6.07) is 13.3. The molecule has 0 aliphatic rings. The monoisotopic (exact) mass is 360 g/mol. The van der Waals surface area contributed by atoms with Crippen LogP contribution in [0.25, 0.3) is 0 Å². The largest absolute Gasteiger partial charge is 0.339 e. The second-order valence-corrected chi connectivity index (χ2v) is 7.34. The summed E-state index contributed by atoms with van der Waals surface area (Å²) in [7, 11) is -3.68. The van der Waals surface area contributed by atoms with Crippen LogP contribution < -0.4 is 4.72 Å². The van der Waals surface area contributed by atoms with Gasteiger partial charge in [0.2, 0.25) is 0 Å². The highest BCUT2D eigenvalue weighted by Gasteiger charge is 2.17. The van der Waals surface area contributed by atoms with E-state index in [0.29, 0.717) is 24.3 Å². The van der Waals surface area contributed by atoms with E-state index in [0.717, 1.165) is 12.0 Å². The highest BCUT2D eigenvalue weighted by atomic mass is 32.2. The minimum absolute atomic E-state index is 0.0999. The van der Waals surface area contributed by atoms with Crippen molar-refractivity contribution in [2.75, 3.05) is 17.8 Å². The first-order chi connectivity index (χ1) is 11.9. The van der Waals surface area contributed by atoms with Crippen molar-refractivity contribution < 1.29 is 13.2 Å². The Morgan fingerprint density at radius 2 is 1.48 bits per heavy atom. The fraction of sp³-hybridized carbons (Fsp3) is 0.316. The molecule has 0 saturated heterocycles. The van der Waals surface area contributed by atoms with Crippen molar-refractivity contribution in [3.8, 4) is 0 Å². The summed E-state index contributed by atoms with van der Waals surface area (Å²) >= 11 is 0. The Hall–Kier alpha value is -2.34. The van der Waals surface area contributed by atoms with Crippen LogP contribution in [0.5, 0.6) is 0 Å². The zero-order chi connectivity index (χ0) is 18.4. The van der Waals surface area contributed by atoms with Crippen LogP contribution in [-0.4, -0.2) is 32.3 Å². The lowest BCUT2D eigenvalue weighted by Gasteiger charge is -2.18. The molecule has 0 aliphatic heterocycles. The van der Waals surface area contributed by atoms with Crippen LogP contribution >= 0.6 is 0 Å². The highest BCUT2D eigenvalue weighted by molar-refractivity contribution is 7.92. The fourth-order valence-electron chi connectivity index (χ4n) is 2.49. The van der Waals surface area contributed by atoms with E-state index < -0.39 is 10.0 Å². The van der Waals surface area contributed by atoms with Crippen LogP contribution in [0.2, 0.25) is 0 Å². The molecule has 134 valence electrons. The Morgan fingerprint density at radius 1 is 0.920 bits per heavy atom. The van der Waals surface area contributed by atoms with Gasteiger partial charge in [0.1, 0.15) is 0 Å². The Kier molecular flexibility index (Phi) is 6.20. The zero-order valence-electron chi connectivity index (χ0n) is 14.8. The van der Waals surface area contributed by atoms with E-state index >= 15 is 0 Å². The summed E-state index contributed by atoms with van der Waals surface area (Å²) in [5, 5.41) is 0. The molecule has 2 aromatic rings. The van der Waals surface area contributed by atoms with Crippen molar-refractivity contribution in [3.63, 3.8) is 0 Å². The third kappa shape index (κ3) is 4.60. The smallest absolute Gasteiger partial charge is 0.261 e. The molecular formula is C19H24N2O3S. The molecule has 0 aliphatic carbocycles. The summed E-state index contributed by atoms with van der Waals surface area (Å²) in [5.41, 5.74) is 2.14. The maximum absolute atomic E-state index is 12.5. The average Bonchev–Trinajstić information content (AvgIpc) is 2.63. The molecule has 2 rings (SSSR count). The maximum Gasteiger partial charge on any atom is 0.261 e. The van der Waals surface area contributed by atoms with Crippen LogP contribution in [0.3, 0.4) is 0 Å². The third-order valence-corrected chi connectivity index (χ3v) is 5.47. The van der Waals surface area contributed by atoms with E-state index in [4.69, 9.17) is 0 Å². The highest BCUT2D eigenvalue weighted by Crippen LogP contribution is 2.18. The maximum atomic E-state index is 12.5.